The van der Waals surface area contributed by atoms with Crippen LogP contribution in [0.3, 0.4) is 0 Å². The molecule has 13 heteroatoms. The molecule has 210 valence electrons. The Kier molecular flexibility index (Phi) is 15.8. The molecule has 13 nitrogen and oxygen atoms in total. The number of carbonyl (C=O) groups is 4. The van der Waals surface area contributed by atoms with Crippen LogP contribution in [0.2, 0.25) is 0 Å². The molecular weight excluding hydrogens is 534 g/mol. The summed E-state index contributed by atoms with van der Waals surface area (Å²) in [5.41, 5.74) is 0.880. The van der Waals surface area contributed by atoms with E-state index in [2.05, 4.69) is 24.9 Å². The summed E-state index contributed by atoms with van der Waals surface area (Å²) in [6.07, 6.45) is 15.1. The number of nitrogens with zero attached hydrogens (tertiary/aromatic N) is 4. The van der Waals surface area contributed by atoms with Crippen LogP contribution in [-0.4, -0.2) is 69.2 Å². The molecule has 0 aliphatic rings. The van der Waals surface area contributed by atoms with E-state index in [4.69, 9.17) is 20.4 Å². The number of nitrogens with one attached hydrogen (secondary N) is 1. The van der Waals surface area contributed by atoms with Crippen molar-refractivity contribution in [1.29, 1.82) is 0 Å². The maximum absolute atomic E-state index is 10.2. The quantitative estimate of drug-likeness (QED) is 0.210. The molecule has 0 saturated heterocycles. The molecule has 0 spiro atoms. The van der Waals surface area contributed by atoms with Gasteiger partial charge in [0.25, 0.3) is 0 Å². The van der Waals surface area contributed by atoms with Crippen molar-refractivity contribution in [2.45, 2.75) is 0 Å². The van der Waals surface area contributed by atoms with Gasteiger partial charge in [-0.1, -0.05) is 0 Å². The summed E-state index contributed by atoms with van der Waals surface area (Å²) in [5.74, 6) is -3.77. The molecule has 0 bridgehead atoms. The Hall–Kier alpha value is -6.24. The molecule has 0 unspecified atom stereocenters. The van der Waals surface area contributed by atoms with Crippen LogP contribution in [0.15, 0.2) is 123 Å². The molecule has 5 N–H and O–H groups in total. The van der Waals surface area contributed by atoms with Crippen molar-refractivity contribution >= 4 is 23.9 Å². The van der Waals surface area contributed by atoms with E-state index in [1.165, 1.54) is 73.8 Å². The van der Waals surface area contributed by atoms with E-state index in [-0.39, 0.29) is 22.3 Å². The van der Waals surface area contributed by atoms with E-state index in [1.54, 1.807) is 24.3 Å². The molecule has 5 aromatic heterocycles. The van der Waals surface area contributed by atoms with Crippen molar-refractivity contribution in [3.63, 3.8) is 0 Å². The highest BCUT2D eigenvalue weighted by molar-refractivity contribution is 5.88. The lowest BCUT2D eigenvalue weighted by molar-refractivity contribution is 0.0685. The Morgan fingerprint density at radius 1 is 0.439 bits per heavy atom. The summed E-state index contributed by atoms with van der Waals surface area (Å²) in [6.45, 7) is 0. The van der Waals surface area contributed by atoms with Gasteiger partial charge in [-0.25, -0.2) is 19.2 Å². The van der Waals surface area contributed by atoms with Gasteiger partial charge in [0.15, 0.2) is 0 Å². The average Bonchev–Trinajstić information content (AvgIpc) is 3.61. The zero-order chi connectivity index (χ0) is 30.3. The van der Waals surface area contributed by atoms with Crippen molar-refractivity contribution in [2.24, 2.45) is 0 Å². The van der Waals surface area contributed by atoms with Crippen LogP contribution in [-0.2, 0) is 0 Å². The Bertz CT molecular complexity index is 1210. The molecule has 0 amide bonds. The topological polar surface area (TPSA) is 217 Å². The van der Waals surface area contributed by atoms with E-state index < -0.39 is 23.9 Å². The maximum Gasteiger partial charge on any atom is 0.337 e. The molecule has 0 aromatic carbocycles. The minimum Gasteiger partial charge on any atom is -0.478 e. The van der Waals surface area contributed by atoms with Gasteiger partial charge >= 0.3 is 23.9 Å². The number of hydrogen-bond donors (Lipinski definition) is 5. The lowest BCUT2D eigenvalue weighted by Crippen LogP contribution is -1.94. The van der Waals surface area contributed by atoms with Crippen LogP contribution in [0, 0.1) is 0 Å². The SMILES string of the molecule is O=C(O)c1cccnc1.O=C(O)c1cccnc1.O=C(O)c1cccnc1.O=C(O)c1cccnc1.c1cc[nH]c1. The van der Waals surface area contributed by atoms with Crippen LogP contribution in [0.25, 0.3) is 0 Å². The monoisotopic (exact) mass is 559 g/mol. The fourth-order valence-electron chi connectivity index (χ4n) is 2.23. The molecule has 0 aliphatic heterocycles. The van der Waals surface area contributed by atoms with Gasteiger partial charge in [-0.3, -0.25) is 19.9 Å². The van der Waals surface area contributed by atoms with Crippen molar-refractivity contribution in [1.82, 2.24) is 24.9 Å². The maximum atomic E-state index is 10.2. The highest BCUT2D eigenvalue weighted by atomic mass is 16.4. The third-order valence-electron chi connectivity index (χ3n) is 4.13. The Labute approximate surface area is 233 Å². The van der Waals surface area contributed by atoms with Gasteiger partial charge in [0, 0.05) is 62.0 Å². The van der Waals surface area contributed by atoms with E-state index in [9.17, 15) is 19.2 Å². The smallest absolute Gasteiger partial charge is 0.337 e. The van der Waals surface area contributed by atoms with Gasteiger partial charge in [-0.15, -0.1) is 0 Å². The molecule has 5 aromatic rings. The second-order valence-corrected chi connectivity index (χ2v) is 7.07. The van der Waals surface area contributed by atoms with Crippen LogP contribution >= 0.6 is 0 Å². The normalized spacial score (nSPS) is 8.78. The molecule has 0 radical (unpaired) electrons. The number of hydrogen-bond acceptors (Lipinski definition) is 8. The zero-order valence-electron chi connectivity index (χ0n) is 21.3. The van der Waals surface area contributed by atoms with Crippen molar-refractivity contribution in [2.75, 3.05) is 0 Å². The summed E-state index contributed by atoms with van der Waals surface area (Å²) in [4.78, 5) is 58.0. The summed E-state index contributed by atoms with van der Waals surface area (Å²) in [7, 11) is 0. The molecule has 0 atom stereocenters. The third-order valence-corrected chi connectivity index (χ3v) is 4.13. The van der Waals surface area contributed by atoms with Gasteiger partial charge < -0.3 is 25.4 Å². The summed E-state index contributed by atoms with van der Waals surface area (Å²) in [6, 6.07) is 16.2. The van der Waals surface area contributed by atoms with Gasteiger partial charge in [0.2, 0.25) is 0 Å². The van der Waals surface area contributed by atoms with Crippen LogP contribution < -0.4 is 0 Å². The Balaban J connectivity index is 0.000000259. The van der Waals surface area contributed by atoms with Crippen molar-refractivity contribution in [3.05, 3.63) is 145 Å². The fraction of sp³-hybridized carbons (Fsp3) is 0. The Morgan fingerprint density at radius 3 is 0.780 bits per heavy atom. The minimum atomic E-state index is -0.942. The van der Waals surface area contributed by atoms with Gasteiger partial charge in [-0.2, -0.15) is 0 Å². The van der Waals surface area contributed by atoms with Crippen molar-refractivity contribution in [3.8, 4) is 0 Å². The predicted octanol–water partition coefficient (Wildman–Crippen LogP) is 4.13. The highest BCUT2D eigenvalue weighted by Gasteiger charge is 1.99. The number of aromatic nitrogens is 5. The van der Waals surface area contributed by atoms with Gasteiger partial charge in [-0.05, 0) is 60.7 Å². The van der Waals surface area contributed by atoms with Crippen LogP contribution in [0.4, 0.5) is 0 Å². The molecule has 41 heavy (non-hydrogen) atoms. The highest BCUT2D eigenvalue weighted by Crippen LogP contribution is 1.95. The average molecular weight is 560 g/mol. The minimum absolute atomic E-state index is 0.220. The fourth-order valence-corrected chi connectivity index (χ4v) is 2.23. The number of pyridine rings is 4. The molecule has 0 saturated carbocycles. The van der Waals surface area contributed by atoms with Crippen LogP contribution in [0.5, 0.6) is 0 Å². The zero-order valence-corrected chi connectivity index (χ0v) is 21.3. The largest absolute Gasteiger partial charge is 0.478 e. The molecule has 0 fully saturated rings. The first-order valence-corrected chi connectivity index (χ1v) is 11.3. The van der Waals surface area contributed by atoms with E-state index in [0.29, 0.717) is 0 Å². The first-order valence-electron chi connectivity index (χ1n) is 11.3. The van der Waals surface area contributed by atoms with Crippen molar-refractivity contribution < 1.29 is 39.6 Å². The van der Waals surface area contributed by atoms with E-state index in [1.807, 2.05) is 24.5 Å². The molecule has 5 rings (SSSR count). The van der Waals surface area contributed by atoms with E-state index >= 15 is 0 Å². The van der Waals surface area contributed by atoms with Gasteiger partial charge in [0.05, 0.1) is 22.3 Å². The lowest BCUT2D eigenvalue weighted by atomic mass is 10.3. The second-order valence-electron chi connectivity index (χ2n) is 7.07. The number of aromatic amines is 1. The molecule has 0 aliphatic carbocycles. The summed E-state index contributed by atoms with van der Waals surface area (Å²) < 4.78 is 0. The molecule has 5 heterocycles. The molecular formula is C28H25N5O8. The number of rotatable bonds is 4. The number of H-pyrrole nitrogens is 1. The first-order chi connectivity index (χ1) is 19.7. The number of carboxylic acid groups (broad SMARTS) is 4. The second kappa shape index (κ2) is 19.8. The van der Waals surface area contributed by atoms with Crippen LogP contribution in [0.1, 0.15) is 41.4 Å². The number of carboxylic acids is 4. The lowest BCUT2D eigenvalue weighted by Gasteiger charge is -1.87. The number of aromatic carboxylic acids is 4. The first kappa shape index (κ1) is 32.8. The standard InChI is InChI=1S/4C6H5NO2.C4H5N/c4*8-6(9)5-2-1-3-7-4-5;1-2-4-5-3-1/h4*1-4H,(H,8,9);1-5H. The van der Waals surface area contributed by atoms with E-state index in [0.717, 1.165) is 0 Å². The Morgan fingerprint density at radius 2 is 0.683 bits per heavy atom. The predicted molar refractivity (Wildman–Crippen MR) is 146 cm³/mol. The summed E-state index contributed by atoms with van der Waals surface area (Å²) in [5, 5.41) is 33.4. The van der Waals surface area contributed by atoms with Gasteiger partial charge in [0.1, 0.15) is 0 Å². The third kappa shape index (κ3) is 15.6. The summed E-state index contributed by atoms with van der Waals surface area (Å²) >= 11 is 0.